The summed E-state index contributed by atoms with van der Waals surface area (Å²) in [4.78, 5) is 28.7. The Morgan fingerprint density at radius 3 is 2.28 bits per heavy atom. The van der Waals surface area contributed by atoms with Crippen molar-refractivity contribution < 1.29 is 18.4 Å². The molecule has 0 atom stereocenters. The monoisotopic (exact) mass is 380 g/mol. The van der Waals surface area contributed by atoms with E-state index in [-0.39, 0.29) is 17.1 Å². The maximum Gasteiger partial charge on any atom is 0.261 e. The Bertz CT molecular complexity index is 925. The van der Waals surface area contributed by atoms with Crippen molar-refractivity contribution in [1.82, 2.24) is 9.80 Å². The van der Waals surface area contributed by atoms with Gasteiger partial charge in [0, 0.05) is 31.9 Å². The Hall–Kier alpha value is -2.32. The van der Waals surface area contributed by atoms with Crippen LogP contribution in [0.3, 0.4) is 0 Å². The average Bonchev–Trinajstić information content (AvgIpc) is 3.22. The van der Waals surface area contributed by atoms with Gasteiger partial charge in [0.25, 0.3) is 5.91 Å². The smallest absolute Gasteiger partial charge is 0.261 e. The van der Waals surface area contributed by atoms with Gasteiger partial charge in [-0.3, -0.25) is 9.59 Å². The van der Waals surface area contributed by atoms with Crippen LogP contribution in [0.15, 0.2) is 34.0 Å². The molecule has 4 nitrogen and oxygen atoms in total. The molecule has 0 saturated heterocycles. The summed E-state index contributed by atoms with van der Waals surface area (Å²) in [5.41, 5.74) is 1.18. The molecule has 0 spiro atoms. The second-order valence-electron chi connectivity index (χ2n) is 5.62. The normalized spacial score (nSPS) is 16.7. The summed E-state index contributed by atoms with van der Waals surface area (Å²) in [5, 5.41) is 2.65. The fourth-order valence-electron chi connectivity index (χ4n) is 2.77. The molecule has 1 amide bonds. The molecule has 0 N–H and O–H groups in total. The minimum atomic E-state index is -0.427. The lowest BCUT2D eigenvalue weighted by Gasteiger charge is -2.19. The Labute approximate surface area is 151 Å². The highest BCUT2D eigenvalue weighted by atomic mass is 32.1. The van der Waals surface area contributed by atoms with E-state index in [1.54, 1.807) is 19.0 Å². The van der Waals surface area contributed by atoms with E-state index < -0.39 is 11.6 Å². The van der Waals surface area contributed by atoms with Crippen LogP contribution in [0, 0.1) is 11.6 Å². The zero-order valence-electron chi connectivity index (χ0n) is 13.7. The van der Waals surface area contributed by atoms with E-state index in [4.69, 9.17) is 0 Å². The van der Waals surface area contributed by atoms with E-state index in [9.17, 15) is 18.4 Å². The molecule has 0 aromatic carbocycles. The fourth-order valence-corrected chi connectivity index (χ4v) is 4.50. The number of amides is 1. The van der Waals surface area contributed by atoms with Gasteiger partial charge in [-0.1, -0.05) is 0 Å². The Balaban J connectivity index is 2.31. The van der Waals surface area contributed by atoms with Crippen molar-refractivity contribution in [2.45, 2.75) is 0 Å². The van der Waals surface area contributed by atoms with Crippen molar-refractivity contribution in [2.75, 3.05) is 21.1 Å². The van der Waals surface area contributed by atoms with E-state index in [0.717, 1.165) is 22.7 Å². The highest BCUT2D eigenvalue weighted by Crippen LogP contribution is 2.41. The van der Waals surface area contributed by atoms with Crippen molar-refractivity contribution in [2.24, 2.45) is 0 Å². The highest BCUT2D eigenvalue weighted by molar-refractivity contribution is 7.11. The van der Waals surface area contributed by atoms with Crippen LogP contribution in [0.5, 0.6) is 0 Å². The molecule has 3 heterocycles. The molecule has 3 rings (SSSR count). The number of halogens is 2. The Morgan fingerprint density at radius 2 is 1.80 bits per heavy atom. The molecule has 0 bridgehead atoms. The molecular formula is C17H14F2N2O2S2. The van der Waals surface area contributed by atoms with E-state index >= 15 is 0 Å². The zero-order chi connectivity index (χ0) is 18.3. The maximum absolute atomic E-state index is 13.5. The van der Waals surface area contributed by atoms with Gasteiger partial charge in [-0.2, -0.15) is 0 Å². The van der Waals surface area contributed by atoms with Gasteiger partial charge in [0.15, 0.2) is 6.29 Å². The maximum atomic E-state index is 13.5. The number of carbonyl (C=O) groups is 2. The van der Waals surface area contributed by atoms with Crippen LogP contribution in [-0.4, -0.2) is 43.1 Å². The molecule has 1 aliphatic rings. The number of hydrogen-bond acceptors (Lipinski definition) is 5. The first-order valence-corrected chi connectivity index (χ1v) is 8.99. The number of likely N-dealkylation sites (N-methyl/N-ethyl adjacent to an activating group) is 1. The molecule has 25 heavy (non-hydrogen) atoms. The van der Waals surface area contributed by atoms with E-state index in [2.05, 4.69) is 0 Å². The molecule has 2 aromatic heterocycles. The van der Waals surface area contributed by atoms with Gasteiger partial charge in [-0.25, -0.2) is 8.78 Å². The van der Waals surface area contributed by atoms with Gasteiger partial charge in [-0.15, -0.1) is 22.7 Å². The number of rotatable bonds is 4. The van der Waals surface area contributed by atoms with Crippen LogP contribution in [0.1, 0.15) is 9.75 Å². The van der Waals surface area contributed by atoms with Crippen LogP contribution in [0.4, 0.5) is 8.78 Å². The largest absolute Gasteiger partial charge is 0.376 e. The standard InChI is InChI=1S/C17H14F2N2O2S2/c1-20(2)16(13-5-10(19)8-25-13)14-11(6-22)15(21(3)17(14)23)12-4-9(18)7-24-12/h4-8H,1-3H3/b16-14+. The molecule has 0 saturated carbocycles. The van der Waals surface area contributed by atoms with Gasteiger partial charge in [0.1, 0.15) is 11.6 Å². The summed E-state index contributed by atoms with van der Waals surface area (Å²) in [6.07, 6.45) is 0.594. The minimum absolute atomic E-state index is 0.173. The van der Waals surface area contributed by atoms with Crippen molar-refractivity contribution in [1.29, 1.82) is 0 Å². The summed E-state index contributed by atoms with van der Waals surface area (Å²) in [5.74, 6) is -1.22. The molecule has 2 aromatic rings. The third-order valence-electron chi connectivity index (χ3n) is 3.78. The first-order valence-electron chi connectivity index (χ1n) is 7.23. The third kappa shape index (κ3) is 2.91. The number of carbonyl (C=O) groups excluding carboxylic acids is 2. The van der Waals surface area contributed by atoms with Crippen molar-refractivity contribution >= 4 is 46.3 Å². The van der Waals surface area contributed by atoms with Crippen LogP contribution in [0.2, 0.25) is 0 Å². The van der Waals surface area contributed by atoms with Crippen LogP contribution in [-0.2, 0) is 9.59 Å². The summed E-state index contributed by atoms with van der Waals surface area (Å²) in [6.45, 7) is 0. The molecule has 0 radical (unpaired) electrons. The first kappa shape index (κ1) is 17.5. The van der Waals surface area contributed by atoms with Crippen molar-refractivity contribution in [3.05, 3.63) is 55.4 Å². The van der Waals surface area contributed by atoms with E-state index in [1.165, 1.54) is 34.8 Å². The van der Waals surface area contributed by atoms with Crippen molar-refractivity contribution in [3.63, 3.8) is 0 Å². The lowest BCUT2D eigenvalue weighted by Crippen LogP contribution is -2.22. The molecule has 0 unspecified atom stereocenters. The summed E-state index contributed by atoms with van der Waals surface area (Å²) < 4.78 is 26.9. The van der Waals surface area contributed by atoms with E-state index in [1.807, 2.05) is 0 Å². The average molecular weight is 380 g/mol. The second-order valence-corrected chi connectivity index (χ2v) is 7.44. The molecule has 130 valence electrons. The predicted molar refractivity (Wildman–Crippen MR) is 94.9 cm³/mol. The highest BCUT2D eigenvalue weighted by Gasteiger charge is 2.37. The fraction of sp³-hybridized carbons (Fsp3) is 0.176. The van der Waals surface area contributed by atoms with Gasteiger partial charge in [0.05, 0.1) is 32.3 Å². The second kappa shape index (κ2) is 6.53. The summed E-state index contributed by atoms with van der Waals surface area (Å²) >= 11 is 2.26. The van der Waals surface area contributed by atoms with Crippen LogP contribution < -0.4 is 0 Å². The molecule has 8 heteroatoms. The summed E-state index contributed by atoms with van der Waals surface area (Å²) in [6, 6.07) is 2.61. The lowest BCUT2D eigenvalue weighted by atomic mass is 10.0. The van der Waals surface area contributed by atoms with Gasteiger partial charge < -0.3 is 9.80 Å². The lowest BCUT2D eigenvalue weighted by molar-refractivity contribution is -0.122. The number of aldehydes is 1. The van der Waals surface area contributed by atoms with Gasteiger partial charge in [0.2, 0.25) is 0 Å². The van der Waals surface area contributed by atoms with Gasteiger partial charge >= 0.3 is 0 Å². The molecule has 0 aliphatic carbocycles. The Morgan fingerprint density at radius 1 is 1.16 bits per heavy atom. The zero-order valence-corrected chi connectivity index (χ0v) is 15.3. The van der Waals surface area contributed by atoms with Crippen molar-refractivity contribution in [3.8, 4) is 0 Å². The van der Waals surface area contributed by atoms with Crippen LogP contribution in [0.25, 0.3) is 11.4 Å². The third-order valence-corrected chi connectivity index (χ3v) is 5.60. The van der Waals surface area contributed by atoms with Crippen LogP contribution >= 0.6 is 22.7 Å². The number of hydrogen-bond donors (Lipinski definition) is 0. The summed E-state index contributed by atoms with van der Waals surface area (Å²) in [7, 11) is 4.98. The molecule has 0 fully saturated rings. The minimum Gasteiger partial charge on any atom is -0.376 e. The van der Waals surface area contributed by atoms with E-state index in [0.29, 0.717) is 27.4 Å². The molecular weight excluding hydrogens is 366 g/mol. The quantitative estimate of drug-likeness (QED) is 0.603. The first-order chi connectivity index (χ1) is 11.8. The SMILES string of the molecule is CN1C(=O)/C(=C(\c2cc(F)cs2)N(C)C)C(C=O)=C1c1cc(F)cs1. The predicted octanol–water partition coefficient (Wildman–Crippen LogP) is 3.44. The molecule has 1 aliphatic heterocycles. The topological polar surface area (TPSA) is 40.6 Å². The Kier molecular flexibility index (Phi) is 4.57. The number of nitrogens with zero attached hydrogens (tertiary/aromatic N) is 2. The van der Waals surface area contributed by atoms with Gasteiger partial charge in [-0.05, 0) is 12.1 Å². The number of thiophene rings is 2.